The van der Waals surface area contributed by atoms with E-state index in [1.54, 1.807) is 0 Å². The number of aromatic amines is 1. The van der Waals surface area contributed by atoms with Crippen LogP contribution in [0.15, 0.2) is 22.7 Å². The molecule has 17 heavy (non-hydrogen) atoms. The van der Waals surface area contributed by atoms with Crippen molar-refractivity contribution in [1.82, 2.24) is 10.3 Å². The molecule has 0 radical (unpaired) electrons. The van der Waals surface area contributed by atoms with Gasteiger partial charge < -0.3 is 10.3 Å². The first-order valence-corrected chi connectivity index (χ1v) is 7.03. The maximum Gasteiger partial charge on any atom is 0.0470 e. The van der Waals surface area contributed by atoms with Crippen LogP contribution >= 0.6 is 15.9 Å². The van der Waals surface area contributed by atoms with Crippen LogP contribution in [0, 0.1) is 6.92 Å². The maximum atomic E-state index is 3.62. The first kappa shape index (κ1) is 11.3. The lowest BCUT2D eigenvalue weighted by molar-refractivity contribution is 0.453. The van der Waals surface area contributed by atoms with E-state index in [0.717, 1.165) is 17.6 Å². The summed E-state index contributed by atoms with van der Waals surface area (Å²) in [7, 11) is 0. The summed E-state index contributed by atoms with van der Waals surface area (Å²) in [4.78, 5) is 3.62. The zero-order valence-electron chi connectivity index (χ0n) is 10.0. The predicted octanol–water partition coefficient (Wildman–Crippen LogP) is 3.71. The van der Waals surface area contributed by atoms with Gasteiger partial charge in [-0.15, -0.1) is 0 Å². The molecule has 2 nitrogen and oxygen atoms in total. The van der Waals surface area contributed by atoms with Gasteiger partial charge in [0.25, 0.3) is 0 Å². The summed E-state index contributed by atoms with van der Waals surface area (Å²) < 4.78 is 1.14. The summed E-state index contributed by atoms with van der Waals surface area (Å²) in [5, 5.41) is 4.79. The van der Waals surface area contributed by atoms with Gasteiger partial charge in [0.2, 0.25) is 0 Å². The number of nitrogens with one attached hydrogen (secondary N) is 2. The fourth-order valence-corrected chi connectivity index (χ4v) is 3.21. The molecule has 90 valence electrons. The largest absolute Gasteiger partial charge is 0.358 e. The number of halogens is 1. The molecule has 2 heterocycles. The average Bonchev–Trinajstić information content (AvgIpc) is 2.67. The molecule has 1 saturated heterocycles. The van der Waals surface area contributed by atoms with E-state index in [4.69, 9.17) is 0 Å². The van der Waals surface area contributed by atoms with Crippen molar-refractivity contribution in [1.29, 1.82) is 0 Å². The van der Waals surface area contributed by atoms with E-state index >= 15 is 0 Å². The van der Waals surface area contributed by atoms with Crippen LogP contribution in [0.4, 0.5) is 0 Å². The zero-order chi connectivity index (χ0) is 11.8. The van der Waals surface area contributed by atoms with Crippen molar-refractivity contribution in [2.24, 2.45) is 0 Å². The molecule has 0 spiro atoms. The number of piperidine rings is 1. The zero-order valence-corrected chi connectivity index (χ0v) is 11.6. The van der Waals surface area contributed by atoms with Crippen LogP contribution in [-0.4, -0.2) is 18.1 Å². The lowest BCUT2D eigenvalue weighted by atomic mass is 9.92. The Bertz CT molecular complexity index is 538. The molecule has 1 aliphatic heterocycles. The number of rotatable bonds is 1. The molecular formula is C14H17BrN2. The Hall–Kier alpha value is -0.800. The number of aromatic nitrogens is 1. The normalized spacial score (nSPS) is 17.8. The summed E-state index contributed by atoms with van der Waals surface area (Å²) >= 11 is 3.53. The molecule has 3 rings (SSSR count). The summed E-state index contributed by atoms with van der Waals surface area (Å²) in [6.45, 7) is 4.52. The van der Waals surface area contributed by atoms with Crippen molar-refractivity contribution in [2.75, 3.05) is 13.1 Å². The number of H-pyrrole nitrogens is 1. The lowest BCUT2D eigenvalue weighted by Gasteiger charge is -2.22. The predicted molar refractivity (Wildman–Crippen MR) is 75.6 cm³/mol. The number of fused-ring (bicyclic) bond motifs is 1. The van der Waals surface area contributed by atoms with Gasteiger partial charge in [-0.3, -0.25) is 0 Å². The van der Waals surface area contributed by atoms with Gasteiger partial charge in [-0.2, -0.15) is 0 Å². The van der Waals surface area contributed by atoms with Crippen molar-refractivity contribution in [3.8, 4) is 0 Å². The van der Waals surface area contributed by atoms with Crippen molar-refractivity contribution in [3.05, 3.63) is 33.9 Å². The van der Waals surface area contributed by atoms with Crippen molar-refractivity contribution in [2.45, 2.75) is 25.7 Å². The second-order valence-corrected chi connectivity index (χ2v) is 5.79. The molecule has 0 unspecified atom stereocenters. The van der Waals surface area contributed by atoms with Gasteiger partial charge in [0.05, 0.1) is 0 Å². The van der Waals surface area contributed by atoms with Crippen molar-refractivity contribution >= 4 is 26.8 Å². The molecule has 1 aromatic heterocycles. The van der Waals surface area contributed by atoms with E-state index < -0.39 is 0 Å². The van der Waals surface area contributed by atoms with E-state index in [2.05, 4.69) is 51.4 Å². The summed E-state index contributed by atoms with van der Waals surface area (Å²) in [5.74, 6) is 0.697. The minimum Gasteiger partial charge on any atom is -0.358 e. The fourth-order valence-electron chi connectivity index (χ4n) is 2.85. The maximum absolute atomic E-state index is 3.62. The first-order chi connectivity index (χ1) is 8.25. The second kappa shape index (κ2) is 4.46. The quantitative estimate of drug-likeness (QED) is 0.824. The van der Waals surface area contributed by atoms with Crippen LogP contribution in [0.1, 0.15) is 30.0 Å². The van der Waals surface area contributed by atoms with E-state index in [0.29, 0.717) is 5.92 Å². The average molecular weight is 293 g/mol. The van der Waals surface area contributed by atoms with Crippen LogP contribution in [0.5, 0.6) is 0 Å². The molecule has 1 fully saturated rings. The minimum atomic E-state index is 0.697. The molecule has 0 atom stereocenters. The van der Waals surface area contributed by atoms with Crippen LogP contribution in [0.25, 0.3) is 10.9 Å². The molecule has 0 saturated carbocycles. The molecule has 3 heteroatoms. The molecule has 2 N–H and O–H groups in total. The highest BCUT2D eigenvalue weighted by molar-refractivity contribution is 9.10. The number of aryl methyl sites for hydroxylation is 1. The highest BCUT2D eigenvalue weighted by atomic mass is 79.9. The summed E-state index contributed by atoms with van der Waals surface area (Å²) in [6, 6.07) is 6.50. The van der Waals surface area contributed by atoms with Gasteiger partial charge in [0.1, 0.15) is 0 Å². The van der Waals surface area contributed by atoms with Crippen LogP contribution in [0.3, 0.4) is 0 Å². The van der Waals surface area contributed by atoms with Gasteiger partial charge in [-0.25, -0.2) is 0 Å². The highest BCUT2D eigenvalue weighted by Crippen LogP contribution is 2.32. The number of hydrogen-bond acceptors (Lipinski definition) is 1. The van der Waals surface area contributed by atoms with E-state index in [9.17, 15) is 0 Å². The van der Waals surface area contributed by atoms with Gasteiger partial charge in [0, 0.05) is 27.0 Å². The molecule has 0 aliphatic carbocycles. The third-order valence-corrected chi connectivity index (χ3v) is 4.30. The Labute approximate surface area is 110 Å². The van der Waals surface area contributed by atoms with E-state index in [-0.39, 0.29) is 0 Å². The van der Waals surface area contributed by atoms with Crippen molar-refractivity contribution < 1.29 is 0 Å². The van der Waals surface area contributed by atoms with Gasteiger partial charge >= 0.3 is 0 Å². The molecule has 0 bridgehead atoms. The minimum absolute atomic E-state index is 0.697. The SMILES string of the molecule is Cc1c(C2CCNCC2)[nH]c2cc(Br)ccc12. The Balaban J connectivity index is 2.07. The smallest absolute Gasteiger partial charge is 0.0470 e. The van der Waals surface area contributed by atoms with Gasteiger partial charge in [-0.05, 0) is 50.6 Å². The van der Waals surface area contributed by atoms with Crippen LogP contribution < -0.4 is 5.32 Å². The second-order valence-electron chi connectivity index (χ2n) is 4.88. The third-order valence-electron chi connectivity index (χ3n) is 3.81. The summed E-state index contributed by atoms with van der Waals surface area (Å²) in [5.41, 5.74) is 4.13. The molecule has 1 aromatic carbocycles. The monoisotopic (exact) mass is 292 g/mol. The highest BCUT2D eigenvalue weighted by Gasteiger charge is 2.19. The topological polar surface area (TPSA) is 27.8 Å². The van der Waals surface area contributed by atoms with Crippen molar-refractivity contribution in [3.63, 3.8) is 0 Å². The molecular weight excluding hydrogens is 276 g/mol. The molecule has 2 aromatic rings. The number of benzene rings is 1. The van der Waals surface area contributed by atoms with Gasteiger partial charge in [0.15, 0.2) is 0 Å². The Morgan fingerprint density at radius 1 is 1.24 bits per heavy atom. The first-order valence-electron chi connectivity index (χ1n) is 6.24. The molecule has 0 amide bonds. The summed E-state index contributed by atoms with van der Waals surface area (Å²) in [6.07, 6.45) is 2.49. The number of hydrogen-bond donors (Lipinski definition) is 2. The Morgan fingerprint density at radius 2 is 2.00 bits per heavy atom. The lowest BCUT2D eigenvalue weighted by Crippen LogP contribution is -2.27. The Morgan fingerprint density at radius 3 is 2.76 bits per heavy atom. The standard InChI is InChI=1S/C14H17BrN2/c1-9-12-3-2-11(15)8-13(12)17-14(9)10-4-6-16-7-5-10/h2-3,8,10,16-17H,4-7H2,1H3. The van der Waals surface area contributed by atoms with E-state index in [1.807, 2.05) is 0 Å². The fraction of sp³-hybridized carbons (Fsp3) is 0.429. The van der Waals surface area contributed by atoms with E-state index in [1.165, 1.54) is 35.0 Å². The van der Waals surface area contributed by atoms with Crippen LogP contribution in [0.2, 0.25) is 0 Å². The van der Waals surface area contributed by atoms with Gasteiger partial charge in [-0.1, -0.05) is 22.0 Å². The Kier molecular flexibility index (Phi) is 2.97. The molecule has 1 aliphatic rings. The third kappa shape index (κ3) is 2.02. The van der Waals surface area contributed by atoms with Crippen LogP contribution in [-0.2, 0) is 0 Å².